The van der Waals surface area contributed by atoms with Crippen molar-refractivity contribution in [1.82, 2.24) is 0 Å². The Kier molecular flexibility index (Phi) is 4.37. The highest BCUT2D eigenvalue weighted by molar-refractivity contribution is 5.15. The number of benzene rings is 1. The quantitative estimate of drug-likeness (QED) is 0.845. The molecule has 0 amide bonds. The van der Waals surface area contributed by atoms with Crippen LogP contribution in [0.15, 0.2) is 30.3 Å². The fourth-order valence-electron chi connectivity index (χ4n) is 2.27. The van der Waals surface area contributed by atoms with Gasteiger partial charge in [-0.1, -0.05) is 30.3 Å². The van der Waals surface area contributed by atoms with E-state index >= 15 is 0 Å². The van der Waals surface area contributed by atoms with E-state index in [0.717, 1.165) is 25.9 Å². The van der Waals surface area contributed by atoms with Crippen molar-refractivity contribution in [3.63, 3.8) is 0 Å². The minimum absolute atomic E-state index is 0.271. The Bertz CT molecular complexity index is 291. The first-order valence-corrected chi connectivity index (χ1v) is 6.18. The van der Waals surface area contributed by atoms with Gasteiger partial charge in [0, 0.05) is 6.61 Å². The zero-order valence-corrected chi connectivity index (χ0v) is 9.64. The van der Waals surface area contributed by atoms with Crippen LogP contribution in [0.1, 0.15) is 31.2 Å². The molecule has 0 radical (unpaired) electrons. The van der Waals surface area contributed by atoms with Crippen LogP contribution in [0.3, 0.4) is 0 Å². The molecule has 1 saturated heterocycles. The first kappa shape index (κ1) is 11.6. The standard InChI is InChI=1S/C14H20O2/c15-13(10-12-6-2-1-3-7-12)11-14-8-4-5-9-16-14/h1-3,6-7,13-15H,4-5,8-11H2. The minimum atomic E-state index is -0.273. The molecule has 2 heteroatoms. The van der Waals surface area contributed by atoms with E-state index in [4.69, 9.17) is 4.74 Å². The van der Waals surface area contributed by atoms with Crippen LogP contribution >= 0.6 is 0 Å². The summed E-state index contributed by atoms with van der Waals surface area (Å²) in [5, 5.41) is 9.97. The van der Waals surface area contributed by atoms with Gasteiger partial charge in [0.15, 0.2) is 0 Å². The van der Waals surface area contributed by atoms with Crippen LogP contribution < -0.4 is 0 Å². The molecule has 2 nitrogen and oxygen atoms in total. The zero-order chi connectivity index (χ0) is 11.2. The summed E-state index contributed by atoms with van der Waals surface area (Å²) in [5.74, 6) is 0. The van der Waals surface area contributed by atoms with E-state index < -0.39 is 0 Å². The highest BCUT2D eigenvalue weighted by Crippen LogP contribution is 2.18. The average molecular weight is 220 g/mol. The number of hydrogen-bond donors (Lipinski definition) is 1. The zero-order valence-electron chi connectivity index (χ0n) is 9.64. The molecule has 1 aliphatic heterocycles. The molecule has 0 saturated carbocycles. The molecule has 1 N–H and O–H groups in total. The van der Waals surface area contributed by atoms with Crippen molar-refractivity contribution < 1.29 is 9.84 Å². The lowest BCUT2D eigenvalue weighted by atomic mass is 9.99. The Labute approximate surface area is 97.3 Å². The number of ether oxygens (including phenoxy) is 1. The van der Waals surface area contributed by atoms with E-state index in [2.05, 4.69) is 12.1 Å². The van der Waals surface area contributed by atoms with Crippen LogP contribution in [0.25, 0.3) is 0 Å². The number of rotatable bonds is 4. The van der Waals surface area contributed by atoms with Gasteiger partial charge in [0.1, 0.15) is 0 Å². The summed E-state index contributed by atoms with van der Waals surface area (Å²) in [6.07, 6.45) is 5.02. The van der Waals surface area contributed by atoms with Gasteiger partial charge in [-0.2, -0.15) is 0 Å². The first-order valence-electron chi connectivity index (χ1n) is 6.18. The molecule has 0 aliphatic carbocycles. The fourth-order valence-corrected chi connectivity index (χ4v) is 2.27. The summed E-state index contributed by atoms with van der Waals surface area (Å²) in [4.78, 5) is 0. The molecule has 16 heavy (non-hydrogen) atoms. The van der Waals surface area contributed by atoms with Gasteiger partial charge in [0.25, 0.3) is 0 Å². The molecule has 2 unspecified atom stereocenters. The second kappa shape index (κ2) is 6.02. The maximum atomic E-state index is 9.97. The number of aliphatic hydroxyl groups is 1. The van der Waals surface area contributed by atoms with E-state index in [1.54, 1.807) is 0 Å². The molecule has 0 bridgehead atoms. The summed E-state index contributed by atoms with van der Waals surface area (Å²) < 4.78 is 5.63. The topological polar surface area (TPSA) is 29.5 Å². The first-order chi connectivity index (χ1) is 7.84. The summed E-state index contributed by atoms with van der Waals surface area (Å²) >= 11 is 0. The molecular weight excluding hydrogens is 200 g/mol. The third kappa shape index (κ3) is 3.62. The summed E-state index contributed by atoms with van der Waals surface area (Å²) in [6, 6.07) is 10.1. The smallest absolute Gasteiger partial charge is 0.0605 e. The molecule has 1 aromatic carbocycles. The molecule has 1 aliphatic rings. The summed E-state index contributed by atoms with van der Waals surface area (Å²) in [6.45, 7) is 0.864. The average Bonchev–Trinajstić information content (AvgIpc) is 2.31. The second-order valence-electron chi connectivity index (χ2n) is 4.57. The molecule has 1 fully saturated rings. The second-order valence-corrected chi connectivity index (χ2v) is 4.57. The van der Waals surface area contributed by atoms with Gasteiger partial charge < -0.3 is 9.84 Å². The van der Waals surface area contributed by atoms with Gasteiger partial charge in [-0.3, -0.25) is 0 Å². The van der Waals surface area contributed by atoms with Gasteiger partial charge in [-0.05, 0) is 37.7 Å². The molecule has 88 valence electrons. The highest BCUT2D eigenvalue weighted by Gasteiger charge is 2.18. The van der Waals surface area contributed by atoms with Gasteiger partial charge in [0.05, 0.1) is 12.2 Å². The van der Waals surface area contributed by atoms with Gasteiger partial charge in [-0.15, -0.1) is 0 Å². The molecule has 1 aromatic rings. The largest absolute Gasteiger partial charge is 0.393 e. The fraction of sp³-hybridized carbons (Fsp3) is 0.571. The molecule has 0 spiro atoms. The van der Waals surface area contributed by atoms with Crippen molar-refractivity contribution in [2.45, 2.75) is 44.3 Å². The maximum Gasteiger partial charge on any atom is 0.0605 e. The summed E-state index contributed by atoms with van der Waals surface area (Å²) in [7, 11) is 0. The predicted molar refractivity (Wildman–Crippen MR) is 64.4 cm³/mol. The van der Waals surface area contributed by atoms with Crippen LogP contribution in [-0.2, 0) is 11.2 Å². The Hall–Kier alpha value is -0.860. The molecule has 2 atom stereocenters. The number of aliphatic hydroxyl groups excluding tert-OH is 1. The van der Waals surface area contributed by atoms with Crippen LogP contribution in [0.4, 0.5) is 0 Å². The van der Waals surface area contributed by atoms with Gasteiger partial charge in [0.2, 0.25) is 0 Å². The van der Waals surface area contributed by atoms with Gasteiger partial charge in [-0.25, -0.2) is 0 Å². The molecule has 1 heterocycles. The van der Waals surface area contributed by atoms with Crippen LogP contribution in [-0.4, -0.2) is 23.9 Å². The van der Waals surface area contributed by atoms with Crippen molar-refractivity contribution in [2.24, 2.45) is 0 Å². The molecular formula is C14H20O2. The Balaban J connectivity index is 1.77. The summed E-state index contributed by atoms with van der Waals surface area (Å²) in [5.41, 5.74) is 1.20. The van der Waals surface area contributed by atoms with E-state index in [1.807, 2.05) is 18.2 Å². The van der Waals surface area contributed by atoms with Crippen molar-refractivity contribution in [3.8, 4) is 0 Å². The normalized spacial score (nSPS) is 22.9. The van der Waals surface area contributed by atoms with Crippen molar-refractivity contribution >= 4 is 0 Å². The van der Waals surface area contributed by atoms with Gasteiger partial charge >= 0.3 is 0 Å². The van der Waals surface area contributed by atoms with E-state index in [0.29, 0.717) is 0 Å². The number of hydrogen-bond acceptors (Lipinski definition) is 2. The maximum absolute atomic E-state index is 9.97. The highest BCUT2D eigenvalue weighted by atomic mass is 16.5. The Morgan fingerprint density at radius 2 is 2.06 bits per heavy atom. The molecule has 2 rings (SSSR count). The van der Waals surface area contributed by atoms with Crippen LogP contribution in [0.5, 0.6) is 0 Å². The Morgan fingerprint density at radius 1 is 1.25 bits per heavy atom. The van der Waals surface area contributed by atoms with E-state index in [1.165, 1.54) is 18.4 Å². The van der Waals surface area contributed by atoms with Crippen molar-refractivity contribution in [2.75, 3.05) is 6.61 Å². The van der Waals surface area contributed by atoms with Crippen molar-refractivity contribution in [3.05, 3.63) is 35.9 Å². The van der Waals surface area contributed by atoms with Crippen LogP contribution in [0.2, 0.25) is 0 Å². The van der Waals surface area contributed by atoms with E-state index in [-0.39, 0.29) is 12.2 Å². The third-order valence-electron chi connectivity index (χ3n) is 3.12. The third-order valence-corrected chi connectivity index (χ3v) is 3.12. The lowest BCUT2D eigenvalue weighted by molar-refractivity contribution is -0.0147. The lowest BCUT2D eigenvalue weighted by Gasteiger charge is -2.24. The molecule has 0 aromatic heterocycles. The Morgan fingerprint density at radius 3 is 2.75 bits per heavy atom. The SMILES string of the molecule is OC(Cc1ccccc1)CC1CCCCO1. The van der Waals surface area contributed by atoms with E-state index in [9.17, 15) is 5.11 Å². The van der Waals surface area contributed by atoms with Crippen LogP contribution in [0, 0.1) is 0 Å². The predicted octanol–water partition coefficient (Wildman–Crippen LogP) is 2.55. The van der Waals surface area contributed by atoms with Crippen molar-refractivity contribution in [1.29, 1.82) is 0 Å². The monoisotopic (exact) mass is 220 g/mol. The lowest BCUT2D eigenvalue weighted by Crippen LogP contribution is -2.25. The minimum Gasteiger partial charge on any atom is -0.393 e.